The standard InChI is InChI=1S/C18H21ClO2/c1-3-11-18(20,15-7-5-4-6-8-15)13-14-12-16(19)9-10-17(14)21-2/h4-10,12,20H,3,11,13H2,1-2H3. The predicted octanol–water partition coefficient (Wildman–Crippen LogP) is 4.58. The van der Waals surface area contributed by atoms with Gasteiger partial charge in [-0.1, -0.05) is 55.3 Å². The Morgan fingerprint density at radius 3 is 2.48 bits per heavy atom. The highest BCUT2D eigenvalue weighted by molar-refractivity contribution is 6.30. The minimum absolute atomic E-state index is 0.481. The number of methoxy groups -OCH3 is 1. The first-order valence-corrected chi connectivity index (χ1v) is 7.57. The lowest BCUT2D eigenvalue weighted by atomic mass is 9.83. The van der Waals surface area contributed by atoms with Gasteiger partial charge in [0, 0.05) is 11.4 Å². The highest BCUT2D eigenvalue weighted by atomic mass is 35.5. The van der Waals surface area contributed by atoms with Crippen molar-refractivity contribution < 1.29 is 9.84 Å². The van der Waals surface area contributed by atoms with E-state index in [1.165, 1.54) is 0 Å². The number of halogens is 1. The summed E-state index contributed by atoms with van der Waals surface area (Å²) in [6.45, 7) is 2.07. The molecule has 0 radical (unpaired) electrons. The van der Waals surface area contributed by atoms with Gasteiger partial charge in [0.2, 0.25) is 0 Å². The van der Waals surface area contributed by atoms with Gasteiger partial charge in [0.05, 0.1) is 12.7 Å². The molecule has 0 aliphatic rings. The van der Waals surface area contributed by atoms with E-state index in [9.17, 15) is 5.11 Å². The lowest BCUT2D eigenvalue weighted by Crippen LogP contribution is -2.28. The molecule has 1 N–H and O–H groups in total. The smallest absolute Gasteiger partial charge is 0.122 e. The van der Waals surface area contributed by atoms with E-state index in [1.807, 2.05) is 42.5 Å². The van der Waals surface area contributed by atoms with Crippen LogP contribution in [0.4, 0.5) is 0 Å². The Bertz CT molecular complexity index is 583. The SMILES string of the molecule is CCCC(O)(Cc1cc(Cl)ccc1OC)c1ccccc1. The van der Waals surface area contributed by atoms with E-state index < -0.39 is 5.60 Å². The maximum atomic E-state index is 11.1. The lowest BCUT2D eigenvalue weighted by molar-refractivity contribution is 0.0263. The number of hydrogen-bond donors (Lipinski definition) is 1. The molecule has 2 aromatic carbocycles. The average molecular weight is 305 g/mol. The molecule has 3 heteroatoms. The third kappa shape index (κ3) is 3.78. The van der Waals surface area contributed by atoms with Crippen molar-refractivity contribution in [1.29, 1.82) is 0 Å². The molecule has 0 aliphatic carbocycles. The largest absolute Gasteiger partial charge is 0.496 e. The predicted molar refractivity (Wildman–Crippen MR) is 87.0 cm³/mol. The molecule has 0 aromatic heterocycles. The van der Waals surface area contributed by atoms with Crippen molar-refractivity contribution >= 4 is 11.6 Å². The van der Waals surface area contributed by atoms with Crippen LogP contribution in [0.2, 0.25) is 5.02 Å². The van der Waals surface area contributed by atoms with Gasteiger partial charge in [0.1, 0.15) is 5.75 Å². The van der Waals surface area contributed by atoms with Crippen LogP contribution in [-0.4, -0.2) is 12.2 Å². The molecule has 2 aromatic rings. The Kier molecular flexibility index (Phi) is 5.27. The number of aliphatic hydroxyl groups is 1. The molecule has 0 saturated heterocycles. The molecular weight excluding hydrogens is 284 g/mol. The second-order valence-electron chi connectivity index (χ2n) is 5.28. The number of benzene rings is 2. The van der Waals surface area contributed by atoms with Crippen LogP contribution in [0.15, 0.2) is 48.5 Å². The Hall–Kier alpha value is -1.51. The van der Waals surface area contributed by atoms with E-state index in [-0.39, 0.29) is 0 Å². The summed E-state index contributed by atoms with van der Waals surface area (Å²) in [6.07, 6.45) is 2.07. The summed E-state index contributed by atoms with van der Waals surface area (Å²) in [6, 6.07) is 15.3. The quantitative estimate of drug-likeness (QED) is 0.846. The van der Waals surface area contributed by atoms with Gasteiger partial charge in [-0.15, -0.1) is 0 Å². The van der Waals surface area contributed by atoms with Gasteiger partial charge in [0.15, 0.2) is 0 Å². The van der Waals surface area contributed by atoms with Crippen LogP contribution in [0.25, 0.3) is 0 Å². The Morgan fingerprint density at radius 1 is 1.14 bits per heavy atom. The topological polar surface area (TPSA) is 29.5 Å². The van der Waals surface area contributed by atoms with Gasteiger partial charge in [-0.25, -0.2) is 0 Å². The van der Waals surface area contributed by atoms with E-state index >= 15 is 0 Å². The molecule has 1 unspecified atom stereocenters. The van der Waals surface area contributed by atoms with Gasteiger partial charge in [-0.3, -0.25) is 0 Å². The van der Waals surface area contributed by atoms with Crippen molar-refractivity contribution in [2.75, 3.05) is 7.11 Å². The Labute approximate surface area is 131 Å². The van der Waals surface area contributed by atoms with Crippen molar-refractivity contribution in [3.8, 4) is 5.75 Å². The van der Waals surface area contributed by atoms with Crippen LogP contribution in [0.1, 0.15) is 30.9 Å². The van der Waals surface area contributed by atoms with Gasteiger partial charge in [-0.05, 0) is 35.7 Å². The summed E-state index contributed by atoms with van der Waals surface area (Å²) in [5, 5.41) is 11.8. The summed E-state index contributed by atoms with van der Waals surface area (Å²) in [5.41, 5.74) is 0.937. The second kappa shape index (κ2) is 6.97. The third-order valence-corrected chi connectivity index (χ3v) is 3.94. The van der Waals surface area contributed by atoms with Crippen LogP contribution >= 0.6 is 11.6 Å². The molecule has 0 fully saturated rings. The molecule has 0 saturated carbocycles. The summed E-state index contributed by atoms with van der Waals surface area (Å²) < 4.78 is 5.39. The van der Waals surface area contributed by atoms with Crippen molar-refractivity contribution in [3.05, 3.63) is 64.7 Å². The van der Waals surface area contributed by atoms with E-state index in [0.29, 0.717) is 17.9 Å². The highest BCUT2D eigenvalue weighted by Crippen LogP contribution is 2.34. The Morgan fingerprint density at radius 2 is 1.86 bits per heavy atom. The number of rotatable bonds is 6. The first kappa shape index (κ1) is 15.9. The molecular formula is C18H21ClO2. The van der Waals surface area contributed by atoms with Crippen molar-refractivity contribution in [3.63, 3.8) is 0 Å². The van der Waals surface area contributed by atoms with Crippen molar-refractivity contribution in [2.45, 2.75) is 31.8 Å². The molecule has 0 amide bonds. The first-order chi connectivity index (χ1) is 10.1. The molecule has 0 bridgehead atoms. The summed E-state index contributed by atoms with van der Waals surface area (Å²) >= 11 is 6.09. The monoisotopic (exact) mass is 304 g/mol. The normalized spacial score (nSPS) is 13.7. The molecule has 0 aliphatic heterocycles. The average Bonchev–Trinajstić information content (AvgIpc) is 2.48. The van der Waals surface area contributed by atoms with Crippen LogP contribution in [0.3, 0.4) is 0 Å². The molecule has 112 valence electrons. The fourth-order valence-corrected chi connectivity index (χ4v) is 2.89. The minimum Gasteiger partial charge on any atom is -0.496 e. The van der Waals surface area contributed by atoms with Gasteiger partial charge in [-0.2, -0.15) is 0 Å². The lowest BCUT2D eigenvalue weighted by Gasteiger charge is -2.29. The van der Waals surface area contributed by atoms with Gasteiger partial charge in [0.25, 0.3) is 0 Å². The highest BCUT2D eigenvalue weighted by Gasteiger charge is 2.29. The van der Waals surface area contributed by atoms with E-state index in [2.05, 4.69) is 6.92 Å². The summed E-state index contributed by atoms with van der Waals surface area (Å²) in [4.78, 5) is 0. The zero-order valence-electron chi connectivity index (χ0n) is 12.5. The van der Waals surface area contributed by atoms with E-state index in [4.69, 9.17) is 16.3 Å². The van der Waals surface area contributed by atoms with Crippen LogP contribution in [0.5, 0.6) is 5.75 Å². The van der Waals surface area contributed by atoms with Crippen molar-refractivity contribution in [2.24, 2.45) is 0 Å². The molecule has 0 heterocycles. The van der Waals surface area contributed by atoms with E-state index in [0.717, 1.165) is 23.3 Å². The molecule has 1 atom stereocenters. The summed E-state index contributed by atoms with van der Waals surface area (Å²) in [7, 11) is 1.63. The maximum Gasteiger partial charge on any atom is 0.122 e. The van der Waals surface area contributed by atoms with Crippen LogP contribution < -0.4 is 4.74 Å². The first-order valence-electron chi connectivity index (χ1n) is 7.19. The third-order valence-electron chi connectivity index (χ3n) is 3.70. The summed E-state index contributed by atoms with van der Waals surface area (Å²) in [5.74, 6) is 0.754. The zero-order valence-corrected chi connectivity index (χ0v) is 13.2. The number of ether oxygens (including phenoxy) is 1. The molecule has 2 rings (SSSR count). The van der Waals surface area contributed by atoms with Crippen molar-refractivity contribution in [1.82, 2.24) is 0 Å². The van der Waals surface area contributed by atoms with Gasteiger partial charge < -0.3 is 9.84 Å². The van der Waals surface area contributed by atoms with Crippen LogP contribution in [0, 0.1) is 0 Å². The Balaban J connectivity index is 2.39. The van der Waals surface area contributed by atoms with E-state index in [1.54, 1.807) is 13.2 Å². The minimum atomic E-state index is -0.909. The van der Waals surface area contributed by atoms with Gasteiger partial charge >= 0.3 is 0 Å². The molecule has 2 nitrogen and oxygen atoms in total. The fourth-order valence-electron chi connectivity index (χ4n) is 2.70. The maximum absolute atomic E-state index is 11.1. The second-order valence-corrected chi connectivity index (χ2v) is 5.72. The molecule has 0 spiro atoms. The number of hydrogen-bond acceptors (Lipinski definition) is 2. The van der Waals surface area contributed by atoms with Crippen LogP contribution in [-0.2, 0) is 12.0 Å². The molecule has 21 heavy (non-hydrogen) atoms. The zero-order chi connectivity index (χ0) is 15.3. The fraction of sp³-hybridized carbons (Fsp3) is 0.333.